The summed E-state index contributed by atoms with van der Waals surface area (Å²) >= 11 is 3.11. The Morgan fingerprint density at radius 2 is 2.19 bits per heavy atom. The van der Waals surface area contributed by atoms with Crippen LogP contribution in [0, 0.1) is 10.1 Å². The Morgan fingerprint density at radius 1 is 1.43 bits per heavy atom. The molecule has 2 rings (SSSR count). The van der Waals surface area contributed by atoms with Crippen molar-refractivity contribution in [3.05, 3.63) is 38.3 Å². The third-order valence-corrected chi connectivity index (χ3v) is 4.41. The second-order valence-corrected chi connectivity index (χ2v) is 5.96. The fraction of sp³-hybridized carbons (Fsp3) is 0.500. The van der Waals surface area contributed by atoms with Crippen LogP contribution in [0.5, 0.6) is 0 Å². The van der Waals surface area contributed by atoms with Crippen molar-refractivity contribution in [2.45, 2.75) is 31.7 Å². The van der Waals surface area contributed by atoms with Gasteiger partial charge in [0.25, 0.3) is 11.6 Å². The molecule has 1 unspecified atom stereocenters. The van der Waals surface area contributed by atoms with Crippen molar-refractivity contribution in [3.63, 3.8) is 0 Å². The molecule has 1 amide bonds. The molecule has 1 N–H and O–H groups in total. The van der Waals surface area contributed by atoms with Crippen LogP contribution in [0.15, 0.2) is 22.7 Å². The first-order valence-electron chi connectivity index (χ1n) is 6.90. The van der Waals surface area contributed by atoms with E-state index < -0.39 is 4.92 Å². The molecule has 0 aliphatic carbocycles. The maximum atomic E-state index is 12.6. The number of halogens is 1. The van der Waals surface area contributed by atoms with Crippen LogP contribution in [0.1, 0.15) is 36.0 Å². The number of aliphatic hydroxyl groups excluding tert-OH is 1. The maximum Gasteiger partial charge on any atom is 0.284 e. The highest BCUT2D eigenvalue weighted by Gasteiger charge is 2.27. The molecule has 0 bridgehead atoms. The summed E-state index contributed by atoms with van der Waals surface area (Å²) in [5, 5.41) is 20.4. The number of nitro groups is 1. The summed E-state index contributed by atoms with van der Waals surface area (Å²) < 4.78 is 0.346. The average molecular weight is 357 g/mol. The van der Waals surface area contributed by atoms with Crippen LogP contribution in [0.25, 0.3) is 0 Å². The van der Waals surface area contributed by atoms with Gasteiger partial charge in [0, 0.05) is 18.2 Å². The van der Waals surface area contributed by atoms with Gasteiger partial charge in [-0.05, 0) is 40.9 Å². The number of rotatable bonds is 3. The van der Waals surface area contributed by atoms with E-state index in [9.17, 15) is 20.0 Å². The number of hydrogen-bond acceptors (Lipinski definition) is 4. The van der Waals surface area contributed by atoms with Gasteiger partial charge in [0.2, 0.25) is 0 Å². The van der Waals surface area contributed by atoms with Gasteiger partial charge in [-0.15, -0.1) is 0 Å². The molecule has 0 radical (unpaired) electrons. The molecular weight excluding hydrogens is 340 g/mol. The summed E-state index contributed by atoms with van der Waals surface area (Å²) in [6.45, 7) is 0.498. The quantitative estimate of drug-likeness (QED) is 0.666. The van der Waals surface area contributed by atoms with E-state index in [0.29, 0.717) is 11.0 Å². The molecule has 114 valence electrons. The number of carbonyl (C=O) groups excluding carboxylic acids is 1. The summed E-state index contributed by atoms with van der Waals surface area (Å²) in [7, 11) is 0. The van der Waals surface area contributed by atoms with Crippen LogP contribution in [-0.2, 0) is 0 Å². The molecule has 1 fully saturated rings. The van der Waals surface area contributed by atoms with Gasteiger partial charge < -0.3 is 10.0 Å². The monoisotopic (exact) mass is 356 g/mol. The second-order valence-electron chi connectivity index (χ2n) is 5.11. The van der Waals surface area contributed by atoms with Crippen LogP contribution in [0.3, 0.4) is 0 Å². The van der Waals surface area contributed by atoms with E-state index >= 15 is 0 Å². The van der Waals surface area contributed by atoms with Crippen molar-refractivity contribution in [2.24, 2.45) is 0 Å². The Balaban J connectivity index is 2.29. The second kappa shape index (κ2) is 7.00. The van der Waals surface area contributed by atoms with E-state index in [1.807, 2.05) is 0 Å². The Labute approximate surface area is 131 Å². The molecule has 0 aromatic heterocycles. The molecule has 1 atom stereocenters. The van der Waals surface area contributed by atoms with Crippen LogP contribution in [0.4, 0.5) is 5.69 Å². The first-order valence-corrected chi connectivity index (χ1v) is 7.69. The highest BCUT2D eigenvalue weighted by molar-refractivity contribution is 9.10. The van der Waals surface area contributed by atoms with Gasteiger partial charge >= 0.3 is 0 Å². The van der Waals surface area contributed by atoms with Gasteiger partial charge in [-0.2, -0.15) is 0 Å². The minimum Gasteiger partial charge on any atom is -0.394 e. The van der Waals surface area contributed by atoms with E-state index in [0.717, 1.165) is 25.7 Å². The van der Waals surface area contributed by atoms with Gasteiger partial charge in [-0.25, -0.2) is 0 Å². The fourth-order valence-electron chi connectivity index (χ4n) is 2.59. The van der Waals surface area contributed by atoms with Crippen LogP contribution in [0.2, 0.25) is 0 Å². The Kier molecular flexibility index (Phi) is 5.30. The lowest BCUT2D eigenvalue weighted by atomic mass is 10.1. The molecule has 6 nitrogen and oxygen atoms in total. The molecular formula is C14H17BrN2O4. The van der Waals surface area contributed by atoms with E-state index in [1.165, 1.54) is 12.1 Å². The smallest absolute Gasteiger partial charge is 0.284 e. The normalized spacial score (nSPS) is 19.1. The Bertz CT molecular complexity index is 550. The first-order chi connectivity index (χ1) is 10.0. The van der Waals surface area contributed by atoms with Crippen molar-refractivity contribution in [3.8, 4) is 0 Å². The van der Waals surface area contributed by atoms with E-state index in [4.69, 9.17) is 0 Å². The molecule has 1 aromatic carbocycles. The molecule has 1 aliphatic heterocycles. The number of nitrogens with zero attached hydrogens (tertiary/aromatic N) is 2. The SMILES string of the molecule is O=C(c1ccc(Br)c([N+](=O)[O-])c1)N1CCCCCC1CO. The third kappa shape index (κ3) is 3.59. The van der Waals surface area contributed by atoms with Crippen molar-refractivity contribution in [2.75, 3.05) is 13.2 Å². The third-order valence-electron chi connectivity index (χ3n) is 3.74. The zero-order chi connectivity index (χ0) is 15.4. The van der Waals surface area contributed by atoms with Crippen molar-refractivity contribution < 1.29 is 14.8 Å². The molecule has 0 spiro atoms. The summed E-state index contributed by atoms with van der Waals surface area (Å²) in [6.07, 6.45) is 3.66. The standard InChI is InChI=1S/C14H17BrN2O4/c15-12-6-5-10(8-13(12)17(20)21)14(19)16-7-3-1-2-4-11(16)9-18/h5-6,8,11,18H,1-4,7,9H2. The Morgan fingerprint density at radius 3 is 2.86 bits per heavy atom. The van der Waals surface area contributed by atoms with Crippen molar-refractivity contribution >= 4 is 27.5 Å². The summed E-state index contributed by atoms with van der Waals surface area (Å²) in [5.74, 6) is -0.258. The van der Waals surface area contributed by atoms with Crippen LogP contribution < -0.4 is 0 Å². The lowest BCUT2D eigenvalue weighted by molar-refractivity contribution is -0.385. The number of likely N-dealkylation sites (tertiary alicyclic amines) is 1. The number of aliphatic hydroxyl groups is 1. The summed E-state index contributed by atoms with van der Waals surface area (Å²) in [4.78, 5) is 24.7. The highest BCUT2D eigenvalue weighted by atomic mass is 79.9. The van der Waals surface area contributed by atoms with Gasteiger partial charge in [0.05, 0.1) is 22.0 Å². The van der Waals surface area contributed by atoms with Crippen LogP contribution in [-0.4, -0.2) is 40.0 Å². The molecule has 0 saturated carbocycles. The van der Waals surface area contributed by atoms with E-state index in [-0.39, 0.29) is 29.8 Å². The van der Waals surface area contributed by atoms with Gasteiger partial charge in [-0.3, -0.25) is 14.9 Å². The lowest BCUT2D eigenvalue weighted by Crippen LogP contribution is -2.42. The lowest BCUT2D eigenvalue weighted by Gasteiger charge is -2.28. The number of benzene rings is 1. The number of nitro benzene ring substituents is 1. The molecule has 1 heterocycles. The predicted octanol–water partition coefficient (Wildman–Crippen LogP) is 2.73. The highest BCUT2D eigenvalue weighted by Crippen LogP contribution is 2.27. The zero-order valence-electron chi connectivity index (χ0n) is 11.5. The largest absolute Gasteiger partial charge is 0.394 e. The summed E-state index contributed by atoms with van der Waals surface area (Å²) in [6, 6.07) is 4.16. The molecule has 1 aromatic rings. The first kappa shape index (κ1) is 15.9. The maximum absolute atomic E-state index is 12.6. The minimum absolute atomic E-state index is 0.0790. The number of carbonyl (C=O) groups is 1. The van der Waals surface area contributed by atoms with Crippen molar-refractivity contribution in [1.29, 1.82) is 0 Å². The predicted molar refractivity (Wildman–Crippen MR) is 81.2 cm³/mol. The molecule has 1 aliphatic rings. The van der Waals surface area contributed by atoms with Gasteiger partial charge in [0.1, 0.15) is 0 Å². The van der Waals surface area contributed by atoms with Gasteiger partial charge in [0.15, 0.2) is 0 Å². The van der Waals surface area contributed by atoms with E-state index in [1.54, 1.807) is 11.0 Å². The molecule has 1 saturated heterocycles. The zero-order valence-corrected chi connectivity index (χ0v) is 13.1. The summed E-state index contributed by atoms with van der Waals surface area (Å²) in [5.41, 5.74) is 0.154. The average Bonchev–Trinajstić information content (AvgIpc) is 2.71. The van der Waals surface area contributed by atoms with Gasteiger partial charge in [-0.1, -0.05) is 12.8 Å². The number of hydrogen-bond donors (Lipinski definition) is 1. The molecule has 7 heteroatoms. The molecule has 21 heavy (non-hydrogen) atoms. The Hall–Kier alpha value is -1.47. The fourth-order valence-corrected chi connectivity index (χ4v) is 2.98. The van der Waals surface area contributed by atoms with Crippen LogP contribution >= 0.6 is 15.9 Å². The number of amides is 1. The minimum atomic E-state index is -0.521. The van der Waals surface area contributed by atoms with E-state index in [2.05, 4.69) is 15.9 Å². The topological polar surface area (TPSA) is 83.7 Å². The van der Waals surface area contributed by atoms with Crippen molar-refractivity contribution in [1.82, 2.24) is 4.90 Å².